The van der Waals surface area contributed by atoms with Gasteiger partial charge in [0.05, 0.1) is 22.1 Å². The summed E-state index contributed by atoms with van der Waals surface area (Å²) in [6.45, 7) is 14.4. The van der Waals surface area contributed by atoms with Crippen LogP contribution in [0, 0.1) is 35.0 Å². The Bertz CT molecular complexity index is 1520. The number of piperidine rings is 1. The van der Waals surface area contributed by atoms with Crippen molar-refractivity contribution in [2.75, 3.05) is 18.8 Å². The lowest BCUT2D eigenvalue weighted by molar-refractivity contribution is -0.145. The first-order valence-electron chi connectivity index (χ1n) is 18.5. The molecule has 1 saturated heterocycles. The maximum absolute atomic E-state index is 14.6. The summed E-state index contributed by atoms with van der Waals surface area (Å²) in [5, 5.41) is 11.2. The fourth-order valence-electron chi connectivity index (χ4n) is 8.73. The molecule has 1 heterocycles. The Labute approximate surface area is 304 Å². The second-order valence-corrected chi connectivity index (χ2v) is 20.0. The fourth-order valence-corrected chi connectivity index (χ4v) is 10.3. The molecule has 51 heavy (non-hydrogen) atoms. The number of sulfone groups is 1. The molecule has 0 aromatic heterocycles. The van der Waals surface area contributed by atoms with Crippen molar-refractivity contribution in [3.8, 4) is 12.3 Å². The minimum Gasteiger partial charge on any atom is -0.346 e. The number of Topliss-reactive ketones (excluding diaryl/α,β-unsaturated/α-hetero) is 1. The molecule has 12 nitrogen and oxygen atoms in total. The number of likely N-dealkylation sites (tertiary alicyclic amines) is 1. The molecule has 3 aliphatic carbocycles. The second kappa shape index (κ2) is 15.3. The van der Waals surface area contributed by atoms with Gasteiger partial charge in [-0.1, -0.05) is 59.0 Å². The van der Waals surface area contributed by atoms with Crippen LogP contribution in [0.1, 0.15) is 112 Å². The van der Waals surface area contributed by atoms with Crippen LogP contribution >= 0.6 is 0 Å². The zero-order valence-electron chi connectivity index (χ0n) is 31.4. The predicted molar refractivity (Wildman–Crippen MR) is 196 cm³/mol. The summed E-state index contributed by atoms with van der Waals surface area (Å²) < 4.78 is 25.7. The van der Waals surface area contributed by atoms with Crippen LogP contribution in [0.5, 0.6) is 0 Å². The van der Waals surface area contributed by atoms with Gasteiger partial charge >= 0.3 is 6.03 Å². The van der Waals surface area contributed by atoms with Gasteiger partial charge in [0, 0.05) is 19.5 Å². The van der Waals surface area contributed by atoms with Crippen molar-refractivity contribution in [2.45, 2.75) is 141 Å². The Morgan fingerprint density at radius 1 is 0.961 bits per heavy atom. The molecule has 13 heteroatoms. The summed E-state index contributed by atoms with van der Waals surface area (Å²) in [7, 11) is -3.58. The van der Waals surface area contributed by atoms with Gasteiger partial charge in [0.25, 0.3) is 5.91 Å². The van der Waals surface area contributed by atoms with E-state index in [-0.39, 0.29) is 42.4 Å². The van der Waals surface area contributed by atoms with Gasteiger partial charge in [-0.2, -0.15) is 0 Å². The first kappa shape index (κ1) is 40.4. The predicted octanol–water partition coefficient (Wildman–Crippen LogP) is 3.40. The molecule has 4 N–H and O–H groups in total. The minimum atomic E-state index is -3.58. The van der Waals surface area contributed by atoms with Crippen LogP contribution in [0.3, 0.4) is 0 Å². The molecule has 5 atom stereocenters. The molecule has 0 radical (unpaired) electrons. The summed E-state index contributed by atoms with van der Waals surface area (Å²) in [4.78, 5) is 70.0. The monoisotopic (exact) mass is 729 g/mol. The Balaban J connectivity index is 1.59. The number of terminal acetylenes is 1. The Morgan fingerprint density at radius 3 is 2.12 bits per heavy atom. The van der Waals surface area contributed by atoms with E-state index in [1.807, 2.05) is 20.8 Å². The van der Waals surface area contributed by atoms with Gasteiger partial charge in [-0.05, 0) is 75.5 Å². The molecular weight excluding hydrogens is 671 g/mol. The van der Waals surface area contributed by atoms with Gasteiger partial charge in [0.1, 0.15) is 12.1 Å². The number of rotatable bonds is 13. The lowest BCUT2D eigenvalue weighted by Crippen LogP contribution is -2.64. The normalized spacial score (nSPS) is 24.7. The van der Waals surface area contributed by atoms with Crippen molar-refractivity contribution in [3.63, 3.8) is 0 Å². The number of ketones is 1. The maximum atomic E-state index is 14.6. The number of hydrogen-bond donors (Lipinski definition) is 4. The van der Waals surface area contributed by atoms with E-state index in [1.165, 1.54) is 6.08 Å². The highest BCUT2D eigenvalue weighted by Crippen LogP contribution is 2.72. The lowest BCUT2D eigenvalue weighted by atomic mass is 9.83. The van der Waals surface area contributed by atoms with Gasteiger partial charge in [0.2, 0.25) is 17.6 Å². The Hall–Kier alpha value is -3.40. The first-order valence-corrected chi connectivity index (χ1v) is 20.2. The number of amides is 5. The average molecular weight is 730 g/mol. The average Bonchev–Trinajstić information content (AvgIpc) is 3.35. The van der Waals surface area contributed by atoms with Crippen molar-refractivity contribution in [1.29, 1.82) is 0 Å². The Morgan fingerprint density at radius 2 is 1.57 bits per heavy atom. The summed E-state index contributed by atoms with van der Waals surface area (Å²) in [5.41, 5.74) is -1.80. The highest BCUT2D eigenvalue weighted by atomic mass is 32.2. The SMILES string of the molecule is C#CCCC(NC(=O)C1[C@H]2C(CN1C(=O)[C@@H](NC(=O)NC1(CS(=O)(=O)C(C)(C)C)CCCCC1)C(C)(C)C)C21CCCC1)C(=O)C(=O)NCC=C. The largest absolute Gasteiger partial charge is 0.346 e. The number of carbonyl (C=O) groups excluding carboxylic acids is 5. The summed E-state index contributed by atoms with van der Waals surface area (Å²) in [5.74, 6) is -0.351. The number of fused-ring (bicyclic) bond motifs is 3. The molecule has 0 aromatic rings. The lowest BCUT2D eigenvalue weighted by Gasteiger charge is -2.41. The van der Waals surface area contributed by atoms with Crippen molar-refractivity contribution in [3.05, 3.63) is 12.7 Å². The maximum Gasteiger partial charge on any atom is 0.315 e. The van der Waals surface area contributed by atoms with Crippen molar-refractivity contribution in [2.24, 2.45) is 22.7 Å². The van der Waals surface area contributed by atoms with Gasteiger partial charge in [-0.15, -0.1) is 18.9 Å². The number of carbonyl (C=O) groups is 5. The van der Waals surface area contributed by atoms with E-state index in [0.29, 0.717) is 19.4 Å². The molecule has 3 saturated carbocycles. The molecule has 284 valence electrons. The van der Waals surface area contributed by atoms with E-state index < -0.39 is 73.2 Å². The highest BCUT2D eigenvalue weighted by Gasteiger charge is 2.74. The van der Waals surface area contributed by atoms with E-state index >= 15 is 0 Å². The van der Waals surface area contributed by atoms with Crippen LogP contribution in [0.15, 0.2) is 12.7 Å². The second-order valence-electron chi connectivity index (χ2n) is 17.3. The summed E-state index contributed by atoms with van der Waals surface area (Å²) >= 11 is 0. The molecule has 5 amide bonds. The van der Waals surface area contributed by atoms with Gasteiger partial charge in [-0.3, -0.25) is 19.2 Å². The summed E-state index contributed by atoms with van der Waals surface area (Å²) in [6.07, 6.45) is 14.6. The zero-order valence-corrected chi connectivity index (χ0v) is 32.2. The van der Waals surface area contributed by atoms with Crippen LogP contribution in [0.4, 0.5) is 4.79 Å². The molecule has 1 aliphatic heterocycles. The molecular formula is C38H59N5O7S. The molecule has 1 spiro atoms. The third-order valence-electron chi connectivity index (χ3n) is 11.7. The highest BCUT2D eigenvalue weighted by molar-refractivity contribution is 7.92. The van der Waals surface area contributed by atoms with Gasteiger partial charge in [-0.25, -0.2) is 13.2 Å². The van der Waals surface area contributed by atoms with Crippen molar-refractivity contribution in [1.82, 2.24) is 26.2 Å². The third kappa shape index (κ3) is 8.64. The van der Waals surface area contributed by atoms with Crippen LogP contribution in [-0.4, -0.2) is 90.1 Å². The molecule has 3 unspecified atom stereocenters. The standard InChI is InChI=1S/C38H59N5O7S/c1-9-11-17-26(29(44)32(46)39-22-10-2)40-31(45)28-27-25(38(27)20-15-16-21-38)23-43(28)33(47)30(35(3,4)5)41-34(48)42-37(18-13-12-14-19-37)24-51(49,50)36(6,7)8/h1,10,25-28,30H,2,11-24H2,3-8H3,(H,39,46)(H,40,45)(H2,41,42,48)/t25?,26?,27-,28?,30-/m1/s1. The fraction of sp³-hybridized carbons (Fsp3) is 0.763. The number of hydrogen-bond acceptors (Lipinski definition) is 7. The molecule has 4 fully saturated rings. The topological polar surface area (TPSA) is 171 Å². The summed E-state index contributed by atoms with van der Waals surface area (Å²) in [6, 6.07) is -3.74. The molecule has 4 rings (SSSR count). The van der Waals surface area contributed by atoms with Crippen LogP contribution in [0.2, 0.25) is 0 Å². The molecule has 0 aromatic carbocycles. The van der Waals surface area contributed by atoms with Crippen molar-refractivity contribution >= 4 is 39.4 Å². The van der Waals surface area contributed by atoms with E-state index in [1.54, 1.807) is 25.7 Å². The molecule has 0 bridgehead atoms. The Kier molecular flexibility index (Phi) is 12.1. The smallest absolute Gasteiger partial charge is 0.315 e. The number of nitrogens with zero attached hydrogens (tertiary/aromatic N) is 1. The van der Waals surface area contributed by atoms with E-state index in [2.05, 4.69) is 33.8 Å². The van der Waals surface area contributed by atoms with Crippen molar-refractivity contribution < 1.29 is 32.4 Å². The van der Waals surface area contributed by atoms with E-state index in [0.717, 1.165) is 44.9 Å². The molecule has 4 aliphatic rings. The third-order valence-corrected chi connectivity index (χ3v) is 14.5. The van der Waals surface area contributed by atoms with Crippen LogP contribution < -0.4 is 21.3 Å². The van der Waals surface area contributed by atoms with Crippen LogP contribution in [0.25, 0.3) is 0 Å². The van der Waals surface area contributed by atoms with Gasteiger partial charge < -0.3 is 26.2 Å². The quantitative estimate of drug-likeness (QED) is 0.128. The van der Waals surface area contributed by atoms with E-state index in [9.17, 15) is 32.4 Å². The van der Waals surface area contributed by atoms with Crippen LogP contribution in [-0.2, 0) is 29.0 Å². The van der Waals surface area contributed by atoms with E-state index in [4.69, 9.17) is 6.42 Å². The minimum absolute atomic E-state index is 0.0492. The van der Waals surface area contributed by atoms with Gasteiger partial charge in [0.15, 0.2) is 9.84 Å². The number of urea groups is 1. The number of nitrogens with one attached hydrogen (secondary N) is 4. The first-order chi connectivity index (χ1) is 23.7. The zero-order chi connectivity index (χ0) is 38.0.